The normalized spacial score (nSPS) is 12.2. The molecule has 21 heavy (non-hydrogen) atoms. The lowest BCUT2D eigenvalue weighted by atomic mass is 10.0. The molecule has 0 radical (unpaired) electrons. The van der Waals surface area contributed by atoms with Gasteiger partial charge < -0.3 is 10.5 Å². The minimum atomic E-state index is 0.198. The van der Waals surface area contributed by atoms with Gasteiger partial charge in [-0.1, -0.05) is 28.9 Å². The predicted octanol–water partition coefficient (Wildman–Crippen LogP) is 6.05. The highest BCUT2D eigenvalue weighted by molar-refractivity contribution is 9.11. The number of hydrogen-bond acceptors (Lipinski definition) is 2. The zero-order valence-corrected chi connectivity index (χ0v) is 16.3. The number of nitrogens with two attached hydrogens (primary N) is 1. The Labute approximate surface area is 150 Å². The van der Waals surface area contributed by atoms with Crippen molar-refractivity contribution in [2.24, 2.45) is 5.73 Å². The molecule has 0 saturated heterocycles. The fourth-order valence-electron chi connectivity index (χ4n) is 1.88. The fourth-order valence-corrected chi connectivity index (χ4v) is 3.51. The molecule has 112 valence electrons. The average Bonchev–Trinajstić information content (AvgIpc) is 2.44. The van der Waals surface area contributed by atoms with Gasteiger partial charge in [0.15, 0.2) is 0 Å². The van der Waals surface area contributed by atoms with Crippen LogP contribution in [0.2, 0.25) is 0 Å². The quantitative estimate of drug-likeness (QED) is 0.569. The smallest absolute Gasteiger partial charge is 0.141 e. The van der Waals surface area contributed by atoms with E-state index < -0.39 is 0 Å². The van der Waals surface area contributed by atoms with Gasteiger partial charge in [0.25, 0.3) is 0 Å². The summed E-state index contributed by atoms with van der Waals surface area (Å²) >= 11 is 10.5. The molecule has 0 amide bonds. The number of ether oxygens (including phenoxy) is 1. The van der Waals surface area contributed by atoms with Crippen LogP contribution in [0.15, 0.2) is 49.8 Å². The van der Waals surface area contributed by atoms with Gasteiger partial charge in [-0.25, -0.2) is 0 Å². The van der Waals surface area contributed by atoms with E-state index in [1.54, 1.807) is 0 Å². The molecule has 0 aliphatic heterocycles. The van der Waals surface area contributed by atoms with E-state index in [-0.39, 0.29) is 6.04 Å². The van der Waals surface area contributed by atoms with Gasteiger partial charge in [0, 0.05) is 10.5 Å². The highest BCUT2D eigenvalue weighted by Gasteiger charge is 2.09. The van der Waals surface area contributed by atoms with Crippen molar-refractivity contribution < 1.29 is 4.74 Å². The number of hydrogen-bond donors (Lipinski definition) is 1. The molecule has 0 aromatic heterocycles. The second kappa shape index (κ2) is 7.77. The van der Waals surface area contributed by atoms with Gasteiger partial charge in [0.05, 0.1) is 8.95 Å². The van der Waals surface area contributed by atoms with Crippen molar-refractivity contribution >= 4 is 47.8 Å². The summed E-state index contributed by atoms with van der Waals surface area (Å²) in [4.78, 5) is 0. The van der Waals surface area contributed by atoms with Crippen LogP contribution in [0.3, 0.4) is 0 Å². The second-order valence-electron chi connectivity index (χ2n) is 4.81. The average molecular weight is 478 g/mol. The predicted molar refractivity (Wildman–Crippen MR) is 98.0 cm³/mol. The summed E-state index contributed by atoms with van der Waals surface area (Å²) in [7, 11) is 0. The van der Waals surface area contributed by atoms with Gasteiger partial charge in [0.1, 0.15) is 11.5 Å². The highest BCUT2D eigenvalue weighted by Crippen LogP contribution is 2.35. The van der Waals surface area contributed by atoms with E-state index >= 15 is 0 Å². The fraction of sp³-hybridized carbons (Fsp3) is 0.250. The zero-order chi connectivity index (χ0) is 15.4. The van der Waals surface area contributed by atoms with E-state index in [4.69, 9.17) is 10.5 Å². The molecule has 1 unspecified atom stereocenters. The molecule has 2 nitrogen and oxygen atoms in total. The largest absolute Gasteiger partial charge is 0.455 e. The highest BCUT2D eigenvalue weighted by atomic mass is 79.9. The number of halogens is 3. The van der Waals surface area contributed by atoms with Crippen LogP contribution >= 0.6 is 47.8 Å². The maximum absolute atomic E-state index is 5.99. The van der Waals surface area contributed by atoms with Crippen molar-refractivity contribution in [3.05, 3.63) is 55.4 Å². The summed E-state index contributed by atoms with van der Waals surface area (Å²) < 4.78 is 8.77. The van der Waals surface area contributed by atoms with Crippen molar-refractivity contribution in [3.63, 3.8) is 0 Å². The van der Waals surface area contributed by atoms with E-state index in [0.29, 0.717) is 0 Å². The van der Waals surface area contributed by atoms with Crippen molar-refractivity contribution in [2.45, 2.75) is 25.8 Å². The van der Waals surface area contributed by atoms with Crippen molar-refractivity contribution in [2.75, 3.05) is 0 Å². The first kappa shape index (κ1) is 17.0. The monoisotopic (exact) mass is 475 g/mol. The van der Waals surface area contributed by atoms with Crippen LogP contribution in [-0.2, 0) is 6.42 Å². The first-order valence-electron chi connectivity index (χ1n) is 6.66. The van der Waals surface area contributed by atoms with Gasteiger partial charge >= 0.3 is 0 Å². The van der Waals surface area contributed by atoms with Crippen LogP contribution in [0.25, 0.3) is 0 Å². The van der Waals surface area contributed by atoms with Gasteiger partial charge in [-0.05, 0) is 80.6 Å². The van der Waals surface area contributed by atoms with Crippen LogP contribution in [0.5, 0.6) is 11.5 Å². The van der Waals surface area contributed by atoms with Gasteiger partial charge in [-0.3, -0.25) is 0 Å². The molecule has 5 heteroatoms. The van der Waals surface area contributed by atoms with Crippen molar-refractivity contribution in [3.8, 4) is 11.5 Å². The number of benzene rings is 2. The maximum Gasteiger partial charge on any atom is 0.141 e. The van der Waals surface area contributed by atoms with Crippen LogP contribution in [-0.4, -0.2) is 6.04 Å². The van der Waals surface area contributed by atoms with Gasteiger partial charge in [0.2, 0.25) is 0 Å². The van der Waals surface area contributed by atoms with Crippen LogP contribution in [0.1, 0.15) is 18.9 Å². The Kier molecular flexibility index (Phi) is 6.29. The Morgan fingerprint density at radius 2 is 1.62 bits per heavy atom. The topological polar surface area (TPSA) is 35.2 Å². The molecule has 1 atom stereocenters. The molecule has 0 aliphatic rings. The van der Waals surface area contributed by atoms with Crippen LogP contribution < -0.4 is 10.5 Å². The summed E-state index contributed by atoms with van der Waals surface area (Å²) in [5, 5.41) is 0. The number of rotatable bonds is 5. The standard InChI is InChI=1S/C16H16Br3NO/c1-2-12(20)7-10-3-5-15(13(18)8-10)21-16-6-4-11(17)9-14(16)19/h3-6,8-9,12H,2,7,20H2,1H3. The third-order valence-electron chi connectivity index (χ3n) is 3.13. The summed E-state index contributed by atoms with van der Waals surface area (Å²) in [5.41, 5.74) is 7.20. The van der Waals surface area contributed by atoms with E-state index in [0.717, 1.165) is 37.8 Å². The first-order chi connectivity index (χ1) is 9.99. The lowest BCUT2D eigenvalue weighted by molar-refractivity contribution is 0.476. The van der Waals surface area contributed by atoms with E-state index in [1.165, 1.54) is 5.56 Å². The lowest BCUT2D eigenvalue weighted by Gasteiger charge is -2.13. The lowest BCUT2D eigenvalue weighted by Crippen LogP contribution is -2.21. The molecular weight excluding hydrogens is 462 g/mol. The zero-order valence-electron chi connectivity index (χ0n) is 11.6. The summed E-state index contributed by atoms with van der Waals surface area (Å²) in [5.74, 6) is 1.56. The Morgan fingerprint density at radius 1 is 1.00 bits per heavy atom. The molecule has 2 rings (SSSR count). The third kappa shape index (κ3) is 4.81. The Balaban J connectivity index is 2.17. The van der Waals surface area contributed by atoms with E-state index in [1.807, 2.05) is 24.3 Å². The minimum Gasteiger partial charge on any atom is -0.455 e. The minimum absolute atomic E-state index is 0.198. The summed E-state index contributed by atoms with van der Waals surface area (Å²) in [6.45, 7) is 2.10. The maximum atomic E-state index is 5.99. The Morgan fingerprint density at radius 3 is 2.19 bits per heavy atom. The van der Waals surface area contributed by atoms with E-state index in [9.17, 15) is 0 Å². The van der Waals surface area contributed by atoms with E-state index in [2.05, 4.69) is 66.8 Å². The molecule has 0 fully saturated rings. The SMILES string of the molecule is CCC(N)Cc1ccc(Oc2ccc(Br)cc2Br)c(Br)c1. The third-order valence-corrected chi connectivity index (χ3v) is 4.87. The summed E-state index contributed by atoms with van der Waals surface area (Å²) in [6.07, 6.45) is 1.85. The van der Waals surface area contributed by atoms with Gasteiger partial charge in [-0.2, -0.15) is 0 Å². The Hall–Kier alpha value is -0.360. The van der Waals surface area contributed by atoms with Gasteiger partial charge in [-0.15, -0.1) is 0 Å². The molecular formula is C16H16Br3NO. The second-order valence-corrected chi connectivity index (χ2v) is 7.44. The summed E-state index contributed by atoms with van der Waals surface area (Å²) in [6, 6.07) is 12.1. The molecule has 0 spiro atoms. The molecule has 0 bridgehead atoms. The molecule has 2 N–H and O–H groups in total. The first-order valence-corrected chi connectivity index (χ1v) is 9.04. The molecule has 0 heterocycles. The molecule has 0 aliphatic carbocycles. The van der Waals surface area contributed by atoms with Crippen molar-refractivity contribution in [1.29, 1.82) is 0 Å². The van der Waals surface area contributed by atoms with Crippen LogP contribution in [0.4, 0.5) is 0 Å². The molecule has 0 saturated carbocycles. The molecule has 2 aromatic rings. The van der Waals surface area contributed by atoms with Crippen LogP contribution in [0, 0.1) is 0 Å². The molecule has 2 aromatic carbocycles. The van der Waals surface area contributed by atoms with Crippen molar-refractivity contribution in [1.82, 2.24) is 0 Å². The Bertz CT molecular complexity index is 631.